The number of carboxylic acids is 1. The molecular formula is C12H16N4O2. The summed E-state index contributed by atoms with van der Waals surface area (Å²) in [7, 11) is 0. The Morgan fingerprint density at radius 3 is 3.11 bits per heavy atom. The van der Waals surface area contributed by atoms with Gasteiger partial charge in [0.25, 0.3) is 0 Å². The van der Waals surface area contributed by atoms with Crippen LogP contribution in [0.15, 0.2) is 24.7 Å². The Balaban J connectivity index is 2.09. The second-order valence-corrected chi connectivity index (χ2v) is 4.14. The summed E-state index contributed by atoms with van der Waals surface area (Å²) < 4.78 is 1.70. The molecule has 2 aromatic rings. The maximum Gasteiger partial charge on any atom is 0.308 e. The topological polar surface area (TPSA) is 79.5 Å². The van der Waals surface area contributed by atoms with Gasteiger partial charge in [-0.05, 0) is 12.5 Å². The number of nitrogens with zero attached hydrogens (tertiary/aromatic N) is 3. The number of hydrogen-bond donors (Lipinski definition) is 2. The fourth-order valence-electron chi connectivity index (χ4n) is 1.88. The Hall–Kier alpha value is -2.11. The van der Waals surface area contributed by atoms with Crippen LogP contribution in [0, 0.1) is 5.92 Å². The SMILES string of the molecule is CCCC(CNc1nccn2nccc12)C(=O)O. The predicted molar refractivity (Wildman–Crippen MR) is 67.5 cm³/mol. The van der Waals surface area contributed by atoms with Gasteiger partial charge in [0.2, 0.25) is 0 Å². The molecule has 6 nitrogen and oxygen atoms in total. The lowest BCUT2D eigenvalue weighted by molar-refractivity contribution is -0.141. The molecule has 96 valence electrons. The molecule has 0 fully saturated rings. The molecule has 0 saturated heterocycles. The number of aromatic nitrogens is 3. The van der Waals surface area contributed by atoms with Crippen molar-refractivity contribution in [3.05, 3.63) is 24.7 Å². The Labute approximate surface area is 105 Å². The first kappa shape index (κ1) is 12.3. The normalized spacial score (nSPS) is 12.5. The molecule has 2 rings (SSSR count). The van der Waals surface area contributed by atoms with Crippen LogP contribution in [0.25, 0.3) is 5.52 Å². The van der Waals surface area contributed by atoms with Crippen molar-refractivity contribution in [3.8, 4) is 0 Å². The summed E-state index contributed by atoms with van der Waals surface area (Å²) in [6, 6.07) is 1.84. The lowest BCUT2D eigenvalue weighted by Crippen LogP contribution is -2.23. The number of nitrogens with one attached hydrogen (secondary N) is 1. The molecule has 0 spiro atoms. The van der Waals surface area contributed by atoms with Crippen molar-refractivity contribution in [3.63, 3.8) is 0 Å². The fraction of sp³-hybridized carbons (Fsp3) is 0.417. The average Bonchev–Trinajstić information content (AvgIpc) is 2.82. The van der Waals surface area contributed by atoms with Gasteiger partial charge in [-0.15, -0.1) is 0 Å². The Morgan fingerprint density at radius 1 is 1.56 bits per heavy atom. The number of rotatable bonds is 6. The van der Waals surface area contributed by atoms with Crippen LogP contribution in [0.2, 0.25) is 0 Å². The first-order chi connectivity index (χ1) is 8.72. The molecule has 1 atom stereocenters. The maximum absolute atomic E-state index is 11.0. The van der Waals surface area contributed by atoms with E-state index in [1.807, 2.05) is 13.0 Å². The molecule has 2 aromatic heterocycles. The first-order valence-electron chi connectivity index (χ1n) is 5.97. The maximum atomic E-state index is 11.0. The monoisotopic (exact) mass is 248 g/mol. The smallest absolute Gasteiger partial charge is 0.308 e. The summed E-state index contributed by atoms with van der Waals surface area (Å²) in [6.07, 6.45) is 6.58. The zero-order valence-corrected chi connectivity index (χ0v) is 10.2. The van der Waals surface area contributed by atoms with E-state index in [1.165, 1.54) is 0 Å². The molecule has 6 heteroatoms. The third-order valence-corrected chi connectivity index (χ3v) is 2.83. The van der Waals surface area contributed by atoms with Crippen LogP contribution in [0.4, 0.5) is 5.82 Å². The van der Waals surface area contributed by atoms with Crippen molar-refractivity contribution in [1.82, 2.24) is 14.6 Å². The second kappa shape index (κ2) is 5.48. The van der Waals surface area contributed by atoms with Gasteiger partial charge in [0.15, 0.2) is 5.82 Å². The highest BCUT2D eigenvalue weighted by molar-refractivity contribution is 5.72. The van der Waals surface area contributed by atoms with Gasteiger partial charge in [-0.3, -0.25) is 4.79 Å². The zero-order valence-electron chi connectivity index (χ0n) is 10.2. The number of hydrogen-bond acceptors (Lipinski definition) is 4. The van der Waals surface area contributed by atoms with Gasteiger partial charge in [-0.25, -0.2) is 9.50 Å². The number of aliphatic carboxylic acids is 1. The van der Waals surface area contributed by atoms with Gasteiger partial charge in [-0.1, -0.05) is 13.3 Å². The predicted octanol–water partition coefficient (Wildman–Crippen LogP) is 1.64. The van der Waals surface area contributed by atoms with Gasteiger partial charge in [-0.2, -0.15) is 5.10 Å². The molecule has 18 heavy (non-hydrogen) atoms. The van der Waals surface area contributed by atoms with E-state index in [0.29, 0.717) is 18.8 Å². The second-order valence-electron chi connectivity index (χ2n) is 4.14. The highest BCUT2D eigenvalue weighted by atomic mass is 16.4. The molecule has 0 amide bonds. The van der Waals surface area contributed by atoms with Crippen molar-refractivity contribution >= 4 is 17.3 Å². The third kappa shape index (κ3) is 2.58. The summed E-state index contributed by atoms with van der Waals surface area (Å²) in [6.45, 7) is 2.35. The molecule has 0 radical (unpaired) electrons. The van der Waals surface area contributed by atoms with Crippen molar-refractivity contribution < 1.29 is 9.90 Å². The third-order valence-electron chi connectivity index (χ3n) is 2.83. The molecular weight excluding hydrogens is 232 g/mol. The fourth-order valence-corrected chi connectivity index (χ4v) is 1.88. The molecule has 0 aliphatic heterocycles. The van der Waals surface area contributed by atoms with E-state index in [2.05, 4.69) is 15.4 Å². The Bertz CT molecular complexity index is 538. The van der Waals surface area contributed by atoms with E-state index in [-0.39, 0.29) is 5.92 Å². The minimum absolute atomic E-state index is 0.376. The quantitative estimate of drug-likeness (QED) is 0.812. The van der Waals surface area contributed by atoms with Crippen LogP contribution in [-0.4, -0.2) is 32.2 Å². The number of carboxylic acid groups (broad SMARTS) is 1. The zero-order chi connectivity index (χ0) is 13.0. The molecule has 0 saturated carbocycles. The van der Waals surface area contributed by atoms with Gasteiger partial charge < -0.3 is 10.4 Å². The summed E-state index contributed by atoms with van der Waals surface area (Å²) in [5, 5.41) is 16.3. The van der Waals surface area contributed by atoms with E-state index >= 15 is 0 Å². The summed E-state index contributed by atoms with van der Waals surface area (Å²) in [5.41, 5.74) is 0.845. The number of carbonyl (C=O) groups is 1. The van der Waals surface area contributed by atoms with Crippen molar-refractivity contribution in [1.29, 1.82) is 0 Å². The van der Waals surface area contributed by atoms with Crippen LogP contribution >= 0.6 is 0 Å². The highest BCUT2D eigenvalue weighted by Crippen LogP contribution is 2.14. The molecule has 2 heterocycles. The van der Waals surface area contributed by atoms with Gasteiger partial charge in [0.05, 0.1) is 12.1 Å². The molecule has 0 aromatic carbocycles. The molecule has 0 aliphatic carbocycles. The minimum atomic E-state index is -0.773. The molecule has 1 unspecified atom stereocenters. The average molecular weight is 248 g/mol. The Kier molecular flexibility index (Phi) is 3.76. The van der Waals surface area contributed by atoms with Crippen LogP contribution in [0.3, 0.4) is 0 Å². The Morgan fingerprint density at radius 2 is 2.39 bits per heavy atom. The molecule has 0 bridgehead atoms. The summed E-state index contributed by atoms with van der Waals surface area (Å²) >= 11 is 0. The largest absolute Gasteiger partial charge is 0.481 e. The van der Waals surface area contributed by atoms with E-state index in [9.17, 15) is 4.79 Å². The van der Waals surface area contributed by atoms with Crippen LogP contribution < -0.4 is 5.32 Å². The van der Waals surface area contributed by atoms with E-state index < -0.39 is 5.97 Å². The van der Waals surface area contributed by atoms with E-state index in [1.54, 1.807) is 23.1 Å². The number of anilines is 1. The molecule has 0 aliphatic rings. The molecule has 2 N–H and O–H groups in total. The standard InChI is InChI=1S/C12H16N4O2/c1-2-3-9(12(17)18)8-14-11-10-4-5-15-16(10)7-6-13-11/h4-7,9H,2-3,8H2,1H3,(H,13,14)(H,17,18). The van der Waals surface area contributed by atoms with E-state index in [4.69, 9.17) is 5.11 Å². The lowest BCUT2D eigenvalue weighted by atomic mass is 10.0. The lowest BCUT2D eigenvalue weighted by Gasteiger charge is -2.13. The van der Waals surface area contributed by atoms with Crippen molar-refractivity contribution in [2.45, 2.75) is 19.8 Å². The van der Waals surface area contributed by atoms with Crippen LogP contribution in [0.5, 0.6) is 0 Å². The summed E-state index contributed by atoms with van der Waals surface area (Å²) in [5.74, 6) is -0.498. The first-order valence-corrected chi connectivity index (χ1v) is 5.97. The highest BCUT2D eigenvalue weighted by Gasteiger charge is 2.16. The van der Waals surface area contributed by atoms with Gasteiger partial charge in [0, 0.05) is 18.9 Å². The summed E-state index contributed by atoms with van der Waals surface area (Å²) in [4.78, 5) is 15.3. The van der Waals surface area contributed by atoms with E-state index in [0.717, 1.165) is 11.9 Å². The van der Waals surface area contributed by atoms with Gasteiger partial charge >= 0.3 is 5.97 Å². The minimum Gasteiger partial charge on any atom is -0.481 e. The van der Waals surface area contributed by atoms with Gasteiger partial charge in [0.1, 0.15) is 5.52 Å². The van der Waals surface area contributed by atoms with Crippen molar-refractivity contribution in [2.75, 3.05) is 11.9 Å². The van der Waals surface area contributed by atoms with Crippen molar-refractivity contribution in [2.24, 2.45) is 5.92 Å². The van der Waals surface area contributed by atoms with Crippen LogP contribution in [-0.2, 0) is 4.79 Å². The van der Waals surface area contributed by atoms with Crippen LogP contribution in [0.1, 0.15) is 19.8 Å². The number of fused-ring (bicyclic) bond motifs is 1.